The first-order valence-electron chi connectivity index (χ1n) is 6.23. The van der Waals surface area contributed by atoms with Crippen molar-refractivity contribution >= 4 is 5.97 Å². The van der Waals surface area contributed by atoms with Gasteiger partial charge in [-0.3, -0.25) is 4.79 Å². The molecule has 2 unspecified atom stereocenters. The predicted octanol–water partition coefficient (Wildman–Crippen LogP) is 1.45. The van der Waals surface area contributed by atoms with E-state index < -0.39 is 0 Å². The SMILES string of the molecule is COC(=O)C(C)NCC1OCCc2ccccc21. The van der Waals surface area contributed by atoms with Gasteiger partial charge in [-0.15, -0.1) is 0 Å². The maximum atomic E-state index is 11.3. The summed E-state index contributed by atoms with van der Waals surface area (Å²) in [6, 6.07) is 7.97. The fourth-order valence-corrected chi connectivity index (χ4v) is 2.19. The van der Waals surface area contributed by atoms with Crippen LogP contribution in [0.4, 0.5) is 0 Å². The highest BCUT2D eigenvalue weighted by Crippen LogP contribution is 2.26. The smallest absolute Gasteiger partial charge is 0.322 e. The molecule has 2 rings (SSSR count). The van der Waals surface area contributed by atoms with Crippen LogP contribution in [0.25, 0.3) is 0 Å². The molecule has 0 saturated carbocycles. The van der Waals surface area contributed by atoms with Crippen LogP contribution in [-0.4, -0.2) is 32.3 Å². The molecule has 4 heteroatoms. The summed E-state index contributed by atoms with van der Waals surface area (Å²) in [5.74, 6) is -0.251. The second kappa shape index (κ2) is 5.98. The largest absolute Gasteiger partial charge is 0.468 e. The first-order valence-corrected chi connectivity index (χ1v) is 6.23. The summed E-state index contributed by atoms with van der Waals surface area (Å²) in [5.41, 5.74) is 2.55. The lowest BCUT2D eigenvalue weighted by atomic mass is 9.97. The Morgan fingerprint density at radius 1 is 1.56 bits per heavy atom. The molecule has 0 amide bonds. The van der Waals surface area contributed by atoms with Crippen molar-refractivity contribution in [2.75, 3.05) is 20.3 Å². The Labute approximate surface area is 107 Å². The summed E-state index contributed by atoms with van der Waals surface area (Å²) in [5, 5.41) is 3.14. The molecule has 1 aromatic carbocycles. The number of fused-ring (bicyclic) bond motifs is 1. The van der Waals surface area contributed by atoms with E-state index in [1.54, 1.807) is 6.92 Å². The number of nitrogens with one attached hydrogen (secondary N) is 1. The molecule has 1 N–H and O–H groups in total. The minimum absolute atomic E-state index is 0.0158. The number of methoxy groups -OCH3 is 1. The lowest BCUT2D eigenvalue weighted by molar-refractivity contribution is -0.142. The van der Waals surface area contributed by atoms with E-state index in [1.165, 1.54) is 18.2 Å². The lowest BCUT2D eigenvalue weighted by Crippen LogP contribution is -2.38. The molecule has 18 heavy (non-hydrogen) atoms. The van der Waals surface area contributed by atoms with Crippen LogP contribution in [0.1, 0.15) is 24.2 Å². The van der Waals surface area contributed by atoms with Gasteiger partial charge in [-0.1, -0.05) is 24.3 Å². The first kappa shape index (κ1) is 13.1. The van der Waals surface area contributed by atoms with Gasteiger partial charge in [0.2, 0.25) is 0 Å². The maximum Gasteiger partial charge on any atom is 0.322 e. The zero-order chi connectivity index (χ0) is 13.0. The topological polar surface area (TPSA) is 47.6 Å². The molecule has 1 aromatic rings. The van der Waals surface area contributed by atoms with Gasteiger partial charge in [0.15, 0.2) is 0 Å². The van der Waals surface area contributed by atoms with Gasteiger partial charge in [-0.25, -0.2) is 0 Å². The Kier molecular flexibility index (Phi) is 4.33. The van der Waals surface area contributed by atoms with E-state index in [2.05, 4.69) is 22.2 Å². The van der Waals surface area contributed by atoms with Gasteiger partial charge in [0, 0.05) is 6.54 Å². The molecular weight excluding hydrogens is 230 g/mol. The van der Waals surface area contributed by atoms with Gasteiger partial charge in [-0.05, 0) is 24.5 Å². The Hall–Kier alpha value is -1.39. The first-order chi connectivity index (χ1) is 8.72. The van der Waals surface area contributed by atoms with Crippen LogP contribution >= 0.6 is 0 Å². The molecule has 0 aliphatic carbocycles. The van der Waals surface area contributed by atoms with Crippen molar-refractivity contribution in [1.82, 2.24) is 5.32 Å². The average Bonchev–Trinajstić information content (AvgIpc) is 2.43. The van der Waals surface area contributed by atoms with Crippen molar-refractivity contribution in [3.05, 3.63) is 35.4 Å². The molecule has 0 aromatic heterocycles. The predicted molar refractivity (Wildman–Crippen MR) is 68.3 cm³/mol. The fourth-order valence-electron chi connectivity index (χ4n) is 2.19. The molecule has 0 fully saturated rings. The van der Waals surface area contributed by atoms with E-state index in [0.717, 1.165) is 13.0 Å². The fraction of sp³-hybridized carbons (Fsp3) is 0.500. The summed E-state index contributed by atoms with van der Waals surface area (Å²) < 4.78 is 10.4. The van der Waals surface area contributed by atoms with E-state index in [9.17, 15) is 4.79 Å². The average molecular weight is 249 g/mol. The van der Waals surface area contributed by atoms with Crippen LogP contribution in [0.5, 0.6) is 0 Å². The van der Waals surface area contributed by atoms with Crippen LogP contribution in [0.15, 0.2) is 24.3 Å². The van der Waals surface area contributed by atoms with Crippen LogP contribution in [0.3, 0.4) is 0 Å². The number of carbonyl (C=O) groups is 1. The van der Waals surface area contributed by atoms with E-state index >= 15 is 0 Å². The van der Waals surface area contributed by atoms with Crippen molar-refractivity contribution in [2.45, 2.75) is 25.5 Å². The molecule has 1 heterocycles. The van der Waals surface area contributed by atoms with Crippen molar-refractivity contribution in [1.29, 1.82) is 0 Å². The van der Waals surface area contributed by atoms with Crippen molar-refractivity contribution in [2.24, 2.45) is 0 Å². The molecule has 1 aliphatic heterocycles. The van der Waals surface area contributed by atoms with Crippen LogP contribution in [0.2, 0.25) is 0 Å². The normalized spacial score (nSPS) is 20.0. The van der Waals surface area contributed by atoms with E-state index in [-0.39, 0.29) is 18.1 Å². The standard InChI is InChI=1S/C14H19NO3/c1-10(14(16)17-2)15-9-13-12-6-4-3-5-11(12)7-8-18-13/h3-6,10,13,15H,7-9H2,1-2H3. The third-order valence-electron chi connectivity index (χ3n) is 3.26. The molecule has 98 valence electrons. The highest BCUT2D eigenvalue weighted by Gasteiger charge is 2.22. The molecular formula is C14H19NO3. The molecule has 0 bridgehead atoms. The quantitative estimate of drug-likeness (QED) is 0.821. The van der Waals surface area contributed by atoms with Crippen molar-refractivity contribution in [3.8, 4) is 0 Å². The third-order valence-corrected chi connectivity index (χ3v) is 3.26. The van der Waals surface area contributed by atoms with Crippen molar-refractivity contribution in [3.63, 3.8) is 0 Å². The highest BCUT2D eigenvalue weighted by molar-refractivity contribution is 5.75. The zero-order valence-corrected chi connectivity index (χ0v) is 10.8. The third kappa shape index (κ3) is 2.89. The molecule has 0 spiro atoms. The second-order valence-corrected chi connectivity index (χ2v) is 4.46. The van der Waals surface area contributed by atoms with Gasteiger partial charge in [0.05, 0.1) is 19.8 Å². The number of esters is 1. The van der Waals surface area contributed by atoms with E-state index in [1.807, 2.05) is 12.1 Å². The van der Waals surface area contributed by atoms with Crippen LogP contribution in [-0.2, 0) is 20.7 Å². The Morgan fingerprint density at radius 3 is 3.11 bits per heavy atom. The Morgan fingerprint density at radius 2 is 2.33 bits per heavy atom. The van der Waals surface area contributed by atoms with Gasteiger partial charge in [0.25, 0.3) is 0 Å². The maximum absolute atomic E-state index is 11.3. The van der Waals surface area contributed by atoms with E-state index in [4.69, 9.17) is 4.74 Å². The van der Waals surface area contributed by atoms with Crippen LogP contribution in [0, 0.1) is 0 Å². The van der Waals surface area contributed by atoms with Crippen LogP contribution < -0.4 is 5.32 Å². The minimum Gasteiger partial charge on any atom is -0.468 e. The van der Waals surface area contributed by atoms with Gasteiger partial charge < -0.3 is 14.8 Å². The van der Waals surface area contributed by atoms with Gasteiger partial charge in [0.1, 0.15) is 6.04 Å². The number of benzene rings is 1. The second-order valence-electron chi connectivity index (χ2n) is 4.46. The Balaban J connectivity index is 1.97. The summed E-state index contributed by atoms with van der Waals surface area (Å²) in [4.78, 5) is 11.3. The number of carbonyl (C=O) groups excluding carboxylic acids is 1. The molecule has 0 radical (unpaired) electrons. The lowest BCUT2D eigenvalue weighted by Gasteiger charge is -2.27. The number of hydrogen-bond acceptors (Lipinski definition) is 4. The zero-order valence-electron chi connectivity index (χ0n) is 10.8. The monoisotopic (exact) mass is 249 g/mol. The van der Waals surface area contributed by atoms with E-state index in [0.29, 0.717) is 6.54 Å². The molecule has 4 nitrogen and oxygen atoms in total. The summed E-state index contributed by atoms with van der Waals surface area (Å²) in [6.45, 7) is 3.14. The molecule has 0 saturated heterocycles. The number of ether oxygens (including phenoxy) is 2. The summed E-state index contributed by atoms with van der Waals surface area (Å²) in [7, 11) is 1.40. The number of rotatable bonds is 4. The molecule has 2 atom stereocenters. The summed E-state index contributed by atoms with van der Waals surface area (Å²) >= 11 is 0. The van der Waals surface area contributed by atoms with Gasteiger partial charge >= 0.3 is 5.97 Å². The molecule has 1 aliphatic rings. The number of hydrogen-bond donors (Lipinski definition) is 1. The highest BCUT2D eigenvalue weighted by atomic mass is 16.5. The van der Waals surface area contributed by atoms with Gasteiger partial charge in [-0.2, -0.15) is 0 Å². The van der Waals surface area contributed by atoms with Crippen molar-refractivity contribution < 1.29 is 14.3 Å². The Bertz CT molecular complexity index is 419. The minimum atomic E-state index is -0.312. The summed E-state index contributed by atoms with van der Waals surface area (Å²) in [6.07, 6.45) is 0.973.